The van der Waals surface area contributed by atoms with Crippen LogP contribution in [0.4, 0.5) is 0 Å². The predicted molar refractivity (Wildman–Crippen MR) is 134 cm³/mol. The van der Waals surface area contributed by atoms with Gasteiger partial charge in [0.05, 0.1) is 23.8 Å². The van der Waals surface area contributed by atoms with Crippen molar-refractivity contribution in [2.24, 2.45) is 10.1 Å². The highest BCUT2D eigenvalue weighted by Crippen LogP contribution is 2.11. The number of aliphatic hydroxyl groups is 1. The number of hydrogen-bond acceptors (Lipinski definition) is 5. The molecule has 8 nitrogen and oxygen atoms in total. The molecule has 1 atom stereocenters. The minimum absolute atomic E-state index is 0. The van der Waals surface area contributed by atoms with Crippen LogP contribution in [-0.4, -0.2) is 32.6 Å². The zero-order valence-electron chi connectivity index (χ0n) is 17.3. The van der Waals surface area contributed by atoms with Gasteiger partial charge in [0.25, 0.3) is 0 Å². The van der Waals surface area contributed by atoms with Crippen LogP contribution >= 0.6 is 24.0 Å². The van der Waals surface area contributed by atoms with E-state index >= 15 is 0 Å². The van der Waals surface area contributed by atoms with Crippen molar-refractivity contribution in [1.29, 1.82) is 0 Å². The fourth-order valence-corrected chi connectivity index (χ4v) is 3.39. The van der Waals surface area contributed by atoms with Crippen LogP contribution in [0.15, 0.2) is 87.3 Å². The number of primary sulfonamides is 1. The van der Waals surface area contributed by atoms with Gasteiger partial charge in [0.2, 0.25) is 10.0 Å². The Morgan fingerprint density at radius 2 is 1.75 bits per heavy atom. The third-order valence-corrected chi connectivity index (χ3v) is 5.49. The van der Waals surface area contributed by atoms with E-state index < -0.39 is 16.1 Å². The Hall–Kier alpha value is -2.41. The quantitative estimate of drug-likeness (QED) is 0.178. The van der Waals surface area contributed by atoms with E-state index in [1.807, 2.05) is 42.5 Å². The number of aliphatic hydroxyl groups excluding tert-OH is 1. The first kappa shape index (κ1) is 25.8. The second kappa shape index (κ2) is 12.6. The summed E-state index contributed by atoms with van der Waals surface area (Å²) in [6.45, 7) is 1.19. The highest BCUT2D eigenvalue weighted by atomic mass is 127. The Labute approximate surface area is 205 Å². The fraction of sp³-hybridized carbons (Fsp3) is 0.227. The maximum absolute atomic E-state index is 11.4. The molecule has 0 aliphatic carbocycles. The lowest BCUT2D eigenvalue weighted by molar-refractivity contribution is 0.181. The molecule has 3 rings (SSSR count). The van der Waals surface area contributed by atoms with Gasteiger partial charge in [-0.1, -0.05) is 42.5 Å². The summed E-state index contributed by atoms with van der Waals surface area (Å²) in [7, 11) is -3.73. The molecule has 3 aromatic rings. The molecule has 0 radical (unpaired) electrons. The van der Waals surface area contributed by atoms with Crippen LogP contribution in [0.2, 0.25) is 0 Å². The number of rotatable bonds is 9. The van der Waals surface area contributed by atoms with E-state index in [1.54, 1.807) is 18.4 Å². The van der Waals surface area contributed by atoms with Crippen molar-refractivity contribution in [3.05, 3.63) is 89.9 Å². The number of nitrogens with two attached hydrogens (primary N) is 1. The predicted octanol–water partition coefficient (Wildman–Crippen LogP) is 2.56. The van der Waals surface area contributed by atoms with Crippen molar-refractivity contribution < 1.29 is 17.9 Å². The zero-order valence-corrected chi connectivity index (χ0v) is 20.5. The normalized spacial score (nSPS) is 12.6. The van der Waals surface area contributed by atoms with Gasteiger partial charge in [0.15, 0.2) is 5.96 Å². The number of hydrogen-bond donors (Lipinski definition) is 4. The second-order valence-electron chi connectivity index (χ2n) is 6.92. The summed E-state index contributed by atoms with van der Waals surface area (Å²) in [6, 6.07) is 19.4. The lowest BCUT2D eigenvalue weighted by Crippen LogP contribution is -2.40. The first-order valence-corrected chi connectivity index (χ1v) is 11.4. The van der Waals surface area contributed by atoms with E-state index in [0.717, 1.165) is 16.9 Å². The van der Waals surface area contributed by atoms with Crippen molar-refractivity contribution >= 4 is 40.0 Å². The van der Waals surface area contributed by atoms with E-state index in [4.69, 9.17) is 9.56 Å². The second-order valence-corrected chi connectivity index (χ2v) is 8.48. The summed E-state index contributed by atoms with van der Waals surface area (Å²) in [6.07, 6.45) is 1.62. The van der Waals surface area contributed by atoms with Crippen LogP contribution < -0.4 is 15.8 Å². The summed E-state index contributed by atoms with van der Waals surface area (Å²) in [5.74, 6) is 1.38. The van der Waals surface area contributed by atoms with E-state index in [1.165, 1.54) is 12.1 Å². The number of furan rings is 1. The van der Waals surface area contributed by atoms with Gasteiger partial charge in [-0.15, -0.1) is 24.0 Å². The van der Waals surface area contributed by atoms with Gasteiger partial charge in [0.1, 0.15) is 5.76 Å². The molecule has 2 aromatic carbocycles. The lowest BCUT2D eigenvalue weighted by atomic mass is 10.1. The Bertz CT molecular complexity index is 1070. The molecular formula is C22H27IN4O4S. The molecular weight excluding hydrogens is 543 g/mol. The molecule has 0 aliphatic heterocycles. The molecule has 172 valence electrons. The molecule has 32 heavy (non-hydrogen) atoms. The van der Waals surface area contributed by atoms with Crippen LogP contribution in [0.5, 0.6) is 0 Å². The highest BCUT2D eigenvalue weighted by molar-refractivity contribution is 14.0. The summed E-state index contributed by atoms with van der Waals surface area (Å²) in [4.78, 5) is 4.60. The number of halogens is 1. The Kier molecular flexibility index (Phi) is 10.2. The standard InChI is InChI=1S/C22H26N4O4S.HI/c23-31(28,29)20-10-8-17(9-11-20)15-25-22(24-13-12-19-7-4-14-30-19)26-16-21(27)18-5-2-1-3-6-18;/h1-11,14,21,27H,12-13,15-16H2,(H2,23,28,29)(H2,24,25,26);1H. The average Bonchev–Trinajstić information content (AvgIpc) is 3.29. The maximum atomic E-state index is 11.4. The Morgan fingerprint density at radius 1 is 1.03 bits per heavy atom. The largest absolute Gasteiger partial charge is 0.469 e. The SMILES string of the molecule is I.NS(=O)(=O)c1ccc(CN=C(NCCc2ccco2)NCC(O)c2ccccc2)cc1. The molecule has 0 spiro atoms. The van der Waals surface area contributed by atoms with Crippen molar-refractivity contribution in [2.45, 2.75) is 24.0 Å². The van der Waals surface area contributed by atoms with Gasteiger partial charge in [0, 0.05) is 19.5 Å². The molecule has 0 amide bonds. The van der Waals surface area contributed by atoms with Gasteiger partial charge in [-0.2, -0.15) is 0 Å². The van der Waals surface area contributed by atoms with Crippen molar-refractivity contribution in [3.8, 4) is 0 Å². The van der Waals surface area contributed by atoms with E-state index in [2.05, 4.69) is 15.6 Å². The smallest absolute Gasteiger partial charge is 0.238 e. The van der Waals surface area contributed by atoms with Crippen molar-refractivity contribution in [2.75, 3.05) is 13.1 Å². The average molecular weight is 570 g/mol. The van der Waals surface area contributed by atoms with Crippen LogP contribution in [-0.2, 0) is 23.0 Å². The molecule has 0 aliphatic rings. The molecule has 1 heterocycles. The van der Waals surface area contributed by atoms with Gasteiger partial charge >= 0.3 is 0 Å². The molecule has 0 bridgehead atoms. The van der Waals surface area contributed by atoms with E-state index in [-0.39, 0.29) is 35.4 Å². The zero-order chi connectivity index (χ0) is 22.1. The Morgan fingerprint density at radius 3 is 2.38 bits per heavy atom. The van der Waals surface area contributed by atoms with Gasteiger partial charge in [-0.05, 0) is 35.4 Å². The number of nitrogens with one attached hydrogen (secondary N) is 2. The highest BCUT2D eigenvalue weighted by Gasteiger charge is 2.09. The van der Waals surface area contributed by atoms with Gasteiger partial charge in [-0.3, -0.25) is 0 Å². The molecule has 0 saturated carbocycles. The number of sulfonamides is 1. The van der Waals surface area contributed by atoms with Gasteiger partial charge < -0.3 is 20.2 Å². The number of benzene rings is 2. The van der Waals surface area contributed by atoms with E-state index in [0.29, 0.717) is 25.5 Å². The summed E-state index contributed by atoms with van der Waals surface area (Å²) >= 11 is 0. The minimum Gasteiger partial charge on any atom is -0.469 e. The van der Waals surface area contributed by atoms with E-state index in [9.17, 15) is 13.5 Å². The first-order valence-electron chi connectivity index (χ1n) is 9.81. The topological polar surface area (TPSA) is 130 Å². The third kappa shape index (κ3) is 8.26. The molecule has 1 aromatic heterocycles. The molecule has 0 fully saturated rings. The van der Waals surface area contributed by atoms with Crippen LogP contribution in [0, 0.1) is 0 Å². The maximum Gasteiger partial charge on any atom is 0.238 e. The third-order valence-electron chi connectivity index (χ3n) is 4.56. The molecule has 10 heteroatoms. The molecule has 1 unspecified atom stereocenters. The monoisotopic (exact) mass is 570 g/mol. The number of guanidine groups is 1. The first-order chi connectivity index (χ1) is 14.9. The van der Waals surface area contributed by atoms with Crippen molar-refractivity contribution in [1.82, 2.24) is 10.6 Å². The lowest BCUT2D eigenvalue weighted by Gasteiger charge is -2.16. The summed E-state index contributed by atoms with van der Waals surface area (Å²) in [5.41, 5.74) is 1.63. The van der Waals surface area contributed by atoms with Crippen LogP contribution in [0.3, 0.4) is 0 Å². The van der Waals surface area contributed by atoms with Gasteiger partial charge in [-0.25, -0.2) is 18.5 Å². The number of nitrogens with zero attached hydrogens (tertiary/aromatic N) is 1. The number of aliphatic imine (C=N–C) groups is 1. The summed E-state index contributed by atoms with van der Waals surface area (Å²) < 4.78 is 28.1. The van der Waals surface area contributed by atoms with Crippen LogP contribution in [0.25, 0.3) is 0 Å². The minimum atomic E-state index is -3.73. The summed E-state index contributed by atoms with van der Waals surface area (Å²) in [5, 5.41) is 21.9. The Balaban J connectivity index is 0.00000363. The van der Waals surface area contributed by atoms with Crippen LogP contribution in [0.1, 0.15) is 23.0 Å². The molecule has 0 saturated heterocycles. The van der Waals surface area contributed by atoms with Crippen molar-refractivity contribution in [3.63, 3.8) is 0 Å². The molecule has 5 N–H and O–H groups in total. The fourth-order valence-electron chi connectivity index (χ4n) is 2.87.